The minimum absolute atomic E-state index is 0.0822. The van der Waals surface area contributed by atoms with Crippen LogP contribution in [0.15, 0.2) is 24.4 Å². The Labute approximate surface area is 121 Å². The van der Waals surface area contributed by atoms with Crippen molar-refractivity contribution in [1.82, 2.24) is 14.8 Å². The number of carboxylic acid groups (broad SMARTS) is 1. The monoisotopic (exact) mass is 288 g/mol. The Hall–Kier alpha value is -2.70. The molecule has 0 radical (unpaired) electrons. The van der Waals surface area contributed by atoms with Crippen LogP contribution in [0.25, 0.3) is 0 Å². The summed E-state index contributed by atoms with van der Waals surface area (Å²) >= 11 is 0. The van der Waals surface area contributed by atoms with Crippen LogP contribution in [0, 0.1) is 6.92 Å². The summed E-state index contributed by atoms with van der Waals surface area (Å²) in [4.78, 5) is 27.1. The van der Waals surface area contributed by atoms with Crippen LogP contribution in [0.2, 0.25) is 0 Å². The van der Waals surface area contributed by atoms with E-state index >= 15 is 0 Å². The number of amides is 1. The first-order valence-electron chi connectivity index (χ1n) is 6.46. The zero-order valence-electron chi connectivity index (χ0n) is 12.0. The Morgan fingerprint density at radius 2 is 2.00 bits per heavy atom. The van der Waals surface area contributed by atoms with E-state index < -0.39 is 11.9 Å². The van der Waals surface area contributed by atoms with E-state index in [2.05, 4.69) is 15.4 Å². The van der Waals surface area contributed by atoms with Gasteiger partial charge in [0.05, 0.1) is 17.5 Å². The minimum atomic E-state index is -1.06. The standard InChI is InChI=1S/C14H16N4O3/c1-8(2)18-12(6-7-15-18)17-13(19)11-5-4-10(14(20)21)9(3)16-11/h4-8H,1-3H3,(H,17,19)(H,20,21). The van der Waals surface area contributed by atoms with Gasteiger partial charge in [-0.05, 0) is 32.9 Å². The molecule has 0 aliphatic heterocycles. The van der Waals surface area contributed by atoms with Crippen molar-refractivity contribution in [3.63, 3.8) is 0 Å². The van der Waals surface area contributed by atoms with Gasteiger partial charge in [0.15, 0.2) is 0 Å². The van der Waals surface area contributed by atoms with Crippen LogP contribution in [-0.4, -0.2) is 31.7 Å². The lowest BCUT2D eigenvalue weighted by Gasteiger charge is -2.11. The number of pyridine rings is 1. The maximum absolute atomic E-state index is 12.2. The van der Waals surface area contributed by atoms with E-state index in [-0.39, 0.29) is 17.3 Å². The van der Waals surface area contributed by atoms with Crippen molar-refractivity contribution in [1.29, 1.82) is 0 Å². The molecule has 2 heterocycles. The molecule has 7 nitrogen and oxygen atoms in total. The highest BCUT2D eigenvalue weighted by atomic mass is 16.4. The van der Waals surface area contributed by atoms with Crippen LogP contribution in [0.5, 0.6) is 0 Å². The largest absolute Gasteiger partial charge is 0.478 e. The first kappa shape index (κ1) is 14.7. The normalized spacial score (nSPS) is 10.7. The van der Waals surface area contributed by atoms with Crippen LogP contribution in [0.1, 0.15) is 46.4 Å². The van der Waals surface area contributed by atoms with E-state index in [4.69, 9.17) is 5.11 Å². The molecule has 2 aromatic rings. The Kier molecular flexibility index (Phi) is 4.02. The summed E-state index contributed by atoms with van der Waals surface area (Å²) in [5.74, 6) is -0.904. The van der Waals surface area contributed by atoms with Crippen molar-refractivity contribution in [3.8, 4) is 0 Å². The van der Waals surface area contributed by atoms with Crippen LogP contribution in [0.4, 0.5) is 5.82 Å². The van der Waals surface area contributed by atoms with Gasteiger partial charge in [-0.1, -0.05) is 0 Å². The minimum Gasteiger partial charge on any atom is -0.478 e. The fraction of sp³-hybridized carbons (Fsp3) is 0.286. The van der Waals surface area contributed by atoms with Crippen LogP contribution >= 0.6 is 0 Å². The summed E-state index contributed by atoms with van der Waals surface area (Å²) in [6.07, 6.45) is 1.60. The molecule has 2 rings (SSSR count). The highest BCUT2D eigenvalue weighted by Gasteiger charge is 2.15. The summed E-state index contributed by atoms with van der Waals surface area (Å²) < 4.78 is 1.68. The molecule has 0 saturated carbocycles. The van der Waals surface area contributed by atoms with E-state index in [1.165, 1.54) is 12.1 Å². The van der Waals surface area contributed by atoms with Gasteiger partial charge in [0, 0.05) is 12.1 Å². The SMILES string of the molecule is Cc1nc(C(=O)Nc2ccnn2C(C)C)ccc1C(=O)O. The van der Waals surface area contributed by atoms with Crippen molar-refractivity contribution in [2.75, 3.05) is 5.32 Å². The Bertz CT molecular complexity index is 691. The number of aryl methyl sites for hydroxylation is 1. The summed E-state index contributed by atoms with van der Waals surface area (Å²) in [5.41, 5.74) is 0.542. The van der Waals surface area contributed by atoms with Crippen LogP contribution < -0.4 is 5.32 Å². The molecule has 0 aromatic carbocycles. The van der Waals surface area contributed by atoms with E-state index in [0.717, 1.165) is 0 Å². The smallest absolute Gasteiger partial charge is 0.337 e. The molecular weight excluding hydrogens is 272 g/mol. The number of nitrogens with one attached hydrogen (secondary N) is 1. The number of carboxylic acids is 1. The van der Waals surface area contributed by atoms with Crippen molar-refractivity contribution >= 4 is 17.7 Å². The van der Waals surface area contributed by atoms with Gasteiger partial charge in [0.25, 0.3) is 5.91 Å². The second kappa shape index (κ2) is 5.74. The Balaban J connectivity index is 2.23. The number of hydrogen-bond donors (Lipinski definition) is 2. The molecule has 2 N–H and O–H groups in total. The molecule has 0 aliphatic rings. The average molecular weight is 288 g/mol. The lowest BCUT2D eigenvalue weighted by Crippen LogP contribution is -2.18. The quantitative estimate of drug-likeness (QED) is 0.898. The summed E-state index contributed by atoms with van der Waals surface area (Å²) in [5, 5.41) is 15.8. The third-order valence-electron chi connectivity index (χ3n) is 2.95. The predicted octanol–water partition coefficient (Wildman–Crippen LogP) is 2.12. The molecular formula is C14H16N4O3. The number of hydrogen-bond acceptors (Lipinski definition) is 4. The Morgan fingerprint density at radius 1 is 1.29 bits per heavy atom. The number of carbonyl (C=O) groups excluding carboxylic acids is 1. The molecule has 2 aromatic heterocycles. The number of rotatable bonds is 4. The third kappa shape index (κ3) is 3.07. The lowest BCUT2D eigenvalue weighted by molar-refractivity contribution is 0.0695. The number of nitrogens with zero attached hydrogens (tertiary/aromatic N) is 3. The topological polar surface area (TPSA) is 97.1 Å². The van der Waals surface area contributed by atoms with Gasteiger partial charge in [-0.15, -0.1) is 0 Å². The molecule has 0 bridgehead atoms. The van der Waals surface area contributed by atoms with Gasteiger partial charge >= 0.3 is 5.97 Å². The summed E-state index contributed by atoms with van der Waals surface area (Å²) in [6.45, 7) is 5.46. The zero-order chi connectivity index (χ0) is 15.6. The van der Waals surface area contributed by atoms with Crippen molar-refractivity contribution in [2.24, 2.45) is 0 Å². The van der Waals surface area contributed by atoms with Crippen molar-refractivity contribution in [2.45, 2.75) is 26.8 Å². The van der Waals surface area contributed by atoms with E-state index in [9.17, 15) is 9.59 Å². The first-order chi connectivity index (χ1) is 9.90. The van der Waals surface area contributed by atoms with Gasteiger partial charge in [-0.2, -0.15) is 5.10 Å². The molecule has 0 unspecified atom stereocenters. The molecule has 0 atom stereocenters. The third-order valence-corrected chi connectivity index (χ3v) is 2.95. The lowest BCUT2D eigenvalue weighted by atomic mass is 10.2. The summed E-state index contributed by atoms with van der Waals surface area (Å²) in [6, 6.07) is 4.57. The molecule has 21 heavy (non-hydrogen) atoms. The maximum atomic E-state index is 12.2. The maximum Gasteiger partial charge on any atom is 0.337 e. The first-order valence-corrected chi connectivity index (χ1v) is 6.46. The number of aromatic nitrogens is 3. The van der Waals surface area contributed by atoms with Gasteiger partial charge in [-0.25, -0.2) is 14.5 Å². The molecule has 110 valence electrons. The van der Waals surface area contributed by atoms with Gasteiger partial charge in [-0.3, -0.25) is 4.79 Å². The number of anilines is 1. The molecule has 0 fully saturated rings. The van der Waals surface area contributed by atoms with Crippen LogP contribution in [0.3, 0.4) is 0 Å². The second-order valence-corrected chi connectivity index (χ2v) is 4.84. The molecule has 1 amide bonds. The predicted molar refractivity (Wildman–Crippen MR) is 76.5 cm³/mol. The van der Waals surface area contributed by atoms with E-state index in [0.29, 0.717) is 11.5 Å². The van der Waals surface area contributed by atoms with E-state index in [1.807, 2.05) is 13.8 Å². The zero-order valence-corrected chi connectivity index (χ0v) is 12.0. The van der Waals surface area contributed by atoms with Crippen molar-refractivity contribution in [3.05, 3.63) is 41.3 Å². The molecule has 0 saturated heterocycles. The van der Waals surface area contributed by atoms with E-state index in [1.54, 1.807) is 23.9 Å². The van der Waals surface area contributed by atoms with Crippen molar-refractivity contribution < 1.29 is 14.7 Å². The number of aromatic carboxylic acids is 1. The fourth-order valence-electron chi connectivity index (χ4n) is 1.92. The molecule has 7 heteroatoms. The highest BCUT2D eigenvalue weighted by Crippen LogP contribution is 2.14. The second-order valence-electron chi connectivity index (χ2n) is 4.84. The molecule has 0 aliphatic carbocycles. The van der Waals surface area contributed by atoms with Gasteiger partial charge in [0.1, 0.15) is 11.5 Å². The van der Waals surface area contributed by atoms with Gasteiger partial charge in [0.2, 0.25) is 0 Å². The van der Waals surface area contributed by atoms with Gasteiger partial charge < -0.3 is 10.4 Å². The average Bonchev–Trinajstić information content (AvgIpc) is 2.86. The Morgan fingerprint density at radius 3 is 2.57 bits per heavy atom. The summed E-state index contributed by atoms with van der Waals surface area (Å²) in [7, 11) is 0. The number of carbonyl (C=O) groups is 2. The molecule has 0 spiro atoms. The fourth-order valence-corrected chi connectivity index (χ4v) is 1.92. The van der Waals surface area contributed by atoms with Crippen LogP contribution in [-0.2, 0) is 0 Å². The highest BCUT2D eigenvalue weighted by molar-refractivity contribution is 6.03.